The fraction of sp³-hybridized carbons (Fsp3) is 0.500. The molecule has 74 valence electrons. The van der Waals surface area contributed by atoms with Gasteiger partial charge in [0.05, 0.1) is 5.69 Å². The lowest BCUT2D eigenvalue weighted by atomic mass is 10.3. The molecule has 0 atom stereocenters. The van der Waals surface area contributed by atoms with Crippen molar-refractivity contribution in [2.45, 2.75) is 20.4 Å². The zero-order valence-electron chi connectivity index (χ0n) is 8.91. The Balaban J connectivity index is 0.000000671. The zero-order chi connectivity index (χ0) is 10.3. The summed E-state index contributed by atoms with van der Waals surface area (Å²) in [6.45, 7) is 4.84. The van der Waals surface area contributed by atoms with Crippen LogP contribution in [0.15, 0.2) is 18.2 Å². The summed E-state index contributed by atoms with van der Waals surface area (Å²) in [4.78, 5) is 6.21. The first kappa shape index (κ1) is 11.9. The summed E-state index contributed by atoms with van der Waals surface area (Å²) in [7, 11) is 4.01. The summed E-state index contributed by atoms with van der Waals surface area (Å²) in [5.41, 5.74) is 6.51. The summed E-state index contributed by atoms with van der Waals surface area (Å²) < 4.78 is 0. The van der Waals surface area contributed by atoms with Gasteiger partial charge in [-0.25, -0.2) is 4.98 Å². The lowest BCUT2D eigenvalue weighted by molar-refractivity contribution is 0.397. The van der Waals surface area contributed by atoms with Gasteiger partial charge in [0, 0.05) is 6.54 Å². The second-order valence-corrected chi connectivity index (χ2v) is 2.79. The van der Waals surface area contributed by atoms with E-state index in [9.17, 15) is 0 Å². The van der Waals surface area contributed by atoms with Gasteiger partial charge in [-0.1, -0.05) is 19.9 Å². The predicted octanol–water partition coefficient (Wildman–Crippen LogP) is 1.75. The first-order valence-electron chi connectivity index (χ1n) is 4.54. The van der Waals surface area contributed by atoms with E-state index in [4.69, 9.17) is 5.73 Å². The number of aromatic nitrogens is 1. The highest BCUT2D eigenvalue weighted by molar-refractivity contribution is 5.28. The first-order valence-corrected chi connectivity index (χ1v) is 4.54. The molecule has 0 aliphatic rings. The molecule has 0 saturated heterocycles. The summed E-state index contributed by atoms with van der Waals surface area (Å²) in [6, 6.07) is 5.68. The van der Waals surface area contributed by atoms with Crippen molar-refractivity contribution in [2.24, 2.45) is 0 Å². The molecule has 1 aromatic heterocycles. The third-order valence-electron chi connectivity index (χ3n) is 1.31. The molecular weight excluding hydrogens is 162 g/mol. The van der Waals surface area contributed by atoms with Crippen LogP contribution in [0.2, 0.25) is 0 Å². The van der Waals surface area contributed by atoms with Crippen LogP contribution in [0.5, 0.6) is 0 Å². The number of hydrogen-bond acceptors (Lipinski definition) is 3. The molecule has 0 unspecified atom stereocenters. The minimum Gasteiger partial charge on any atom is -0.384 e. The van der Waals surface area contributed by atoms with Crippen molar-refractivity contribution >= 4 is 5.82 Å². The molecular formula is C10H19N3. The smallest absolute Gasteiger partial charge is 0.123 e. The van der Waals surface area contributed by atoms with Gasteiger partial charge in [0.1, 0.15) is 5.82 Å². The number of pyridine rings is 1. The quantitative estimate of drug-likeness (QED) is 0.755. The lowest BCUT2D eigenvalue weighted by Gasteiger charge is -2.08. The summed E-state index contributed by atoms with van der Waals surface area (Å²) >= 11 is 0. The molecule has 0 aliphatic heterocycles. The number of hydrogen-bond donors (Lipinski definition) is 1. The summed E-state index contributed by atoms with van der Waals surface area (Å²) in [6.07, 6.45) is 0. The molecule has 13 heavy (non-hydrogen) atoms. The van der Waals surface area contributed by atoms with Crippen LogP contribution in [0, 0.1) is 0 Å². The van der Waals surface area contributed by atoms with Crippen LogP contribution in [0.1, 0.15) is 19.5 Å². The Bertz CT molecular complexity index is 233. The predicted molar refractivity (Wildman–Crippen MR) is 57.4 cm³/mol. The Morgan fingerprint density at radius 3 is 2.38 bits per heavy atom. The Hall–Kier alpha value is -1.09. The molecule has 1 rings (SSSR count). The van der Waals surface area contributed by atoms with Crippen molar-refractivity contribution < 1.29 is 0 Å². The summed E-state index contributed by atoms with van der Waals surface area (Å²) in [5, 5.41) is 0. The molecule has 0 fully saturated rings. The van der Waals surface area contributed by atoms with Crippen molar-refractivity contribution in [2.75, 3.05) is 19.8 Å². The van der Waals surface area contributed by atoms with Gasteiger partial charge in [-0.05, 0) is 26.2 Å². The fourth-order valence-corrected chi connectivity index (χ4v) is 0.910. The number of nitrogen functional groups attached to an aromatic ring is 1. The monoisotopic (exact) mass is 181 g/mol. The van der Waals surface area contributed by atoms with Crippen molar-refractivity contribution in [1.82, 2.24) is 9.88 Å². The maximum Gasteiger partial charge on any atom is 0.123 e. The third-order valence-corrected chi connectivity index (χ3v) is 1.31. The molecule has 0 amide bonds. The fourth-order valence-electron chi connectivity index (χ4n) is 0.910. The van der Waals surface area contributed by atoms with E-state index in [0.717, 1.165) is 12.2 Å². The first-order chi connectivity index (χ1) is 6.18. The second-order valence-electron chi connectivity index (χ2n) is 2.79. The second kappa shape index (κ2) is 6.43. The molecule has 0 spiro atoms. The highest BCUT2D eigenvalue weighted by Gasteiger charge is 1.95. The Kier molecular flexibility index (Phi) is 5.89. The van der Waals surface area contributed by atoms with Crippen LogP contribution in [0.4, 0.5) is 5.82 Å². The molecule has 2 N–H and O–H groups in total. The minimum atomic E-state index is 0.587. The van der Waals surface area contributed by atoms with Gasteiger partial charge in [0.15, 0.2) is 0 Å². The van der Waals surface area contributed by atoms with Gasteiger partial charge >= 0.3 is 0 Å². The molecule has 0 aromatic carbocycles. The maximum absolute atomic E-state index is 5.50. The Labute approximate surface area is 80.6 Å². The number of nitrogens with two attached hydrogens (primary N) is 1. The van der Waals surface area contributed by atoms with E-state index in [1.807, 2.05) is 40.1 Å². The van der Waals surface area contributed by atoms with Crippen molar-refractivity contribution in [3.05, 3.63) is 23.9 Å². The molecule has 1 aromatic rings. The molecule has 3 nitrogen and oxygen atoms in total. The SMILES string of the molecule is CC.CN(C)Cc1cccc(N)n1. The highest BCUT2D eigenvalue weighted by atomic mass is 15.1. The van der Waals surface area contributed by atoms with Crippen LogP contribution in [0.25, 0.3) is 0 Å². The van der Waals surface area contributed by atoms with Gasteiger partial charge in [-0.3, -0.25) is 0 Å². The van der Waals surface area contributed by atoms with Gasteiger partial charge in [-0.15, -0.1) is 0 Å². The van der Waals surface area contributed by atoms with Crippen molar-refractivity contribution in [3.63, 3.8) is 0 Å². The zero-order valence-corrected chi connectivity index (χ0v) is 8.91. The van der Waals surface area contributed by atoms with Gasteiger partial charge in [-0.2, -0.15) is 0 Å². The minimum absolute atomic E-state index is 0.587. The van der Waals surface area contributed by atoms with Crippen molar-refractivity contribution in [1.29, 1.82) is 0 Å². The van der Waals surface area contributed by atoms with E-state index in [0.29, 0.717) is 5.82 Å². The normalized spacial score (nSPS) is 9.31. The van der Waals surface area contributed by atoms with E-state index in [1.165, 1.54) is 0 Å². The van der Waals surface area contributed by atoms with E-state index < -0.39 is 0 Å². The van der Waals surface area contributed by atoms with Crippen LogP contribution < -0.4 is 5.73 Å². The van der Waals surface area contributed by atoms with E-state index >= 15 is 0 Å². The van der Waals surface area contributed by atoms with Crippen LogP contribution >= 0.6 is 0 Å². The number of rotatable bonds is 2. The molecule has 0 bridgehead atoms. The van der Waals surface area contributed by atoms with E-state index in [1.54, 1.807) is 6.07 Å². The average molecular weight is 181 g/mol. The van der Waals surface area contributed by atoms with Crippen LogP contribution in [0.3, 0.4) is 0 Å². The molecule has 1 heterocycles. The van der Waals surface area contributed by atoms with Gasteiger partial charge < -0.3 is 10.6 Å². The Morgan fingerprint density at radius 2 is 1.92 bits per heavy atom. The van der Waals surface area contributed by atoms with Crippen LogP contribution in [-0.2, 0) is 6.54 Å². The number of nitrogens with zero attached hydrogens (tertiary/aromatic N) is 2. The van der Waals surface area contributed by atoms with E-state index in [2.05, 4.69) is 9.88 Å². The van der Waals surface area contributed by atoms with E-state index in [-0.39, 0.29) is 0 Å². The topological polar surface area (TPSA) is 42.1 Å². The van der Waals surface area contributed by atoms with Crippen LogP contribution in [-0.4, -0.2) is 24.0 Å². The van der Waals surface area contributed by atoms with Gasteiger partial charge in [0.25, 0.3) is 0 Å². The van der Waals surface area contributed by atoms with Crippen molar-refractivity contribution in [3.8, 4) is 0 Å². The standard InChI is InChI=1S/C8H13N3.C2H6/c1-11(2)6-7-4-3-5-8(9)10-7;1-2/h3-5H,6H2,1-2H3,(H2,9,10);1-2H3. The summed E-state index contributed by atoms with van der Waals surface area (Å²) in [5.74, 6) is 0.587. The lowest BCUT2D eigenvalue weighted by Crippen LogP contribution is -2.12. The maximum atomic E-state index is 5.50. The third kappa shape index (κ3) is 5.20. The number of anilines is 1. The molecule has 0 radical (unpaired) electrons. The molecule has 0 aliphatic carbocycles. The highest BCUT2D eigenvalue weighted by Crippen LogP contribution is 2.01. The largest absolute Gasteiger partial charge is 0.384 e. The molecule has 0 saturated carbocycles. The Morgan fingerprint density at radius 1 is 1.31 bits per heavy atom. The average Bonchev–Trinajstić information content (AvgIpc) is 2.06. The molecule has 3 heteroatoms. The van der Waals surface area contributed by atoms with Gasteiger partial charge in [0.2, 0.25) is 0 Å².